The topological polar surface area (TPSA) is 109 Å². The van der Waals surface area contributed by atoms with E-state index in [2.05, 4.69) is 35.0 Å². The summed E-state index contributed by atoms with van der Waals surface area (Å²) in [5.74, 6) is 0. The molecule has 0 aromatic rings. The van der Waals surface area contributed by atoms with E-state index in [1.807, 2.05) is 0 Å². The van der Waals surface area contributed by atoms with Crippen LogP contribution in [0.5, 0.6) is 0 Å². The Balaban J connectivity index is -0.0000000255. The van der Waals surface area contributed by atoms with Crippen LogP contribution in [0.3, 0.4) is 0 Å². The Morgan fingerprint density at radius 3 is 1.29 bits per heavy atom. The molecule has 2 rings (SSSR count). The molecule has 2 saturated heterocycles. The van der Waals surface area contributed by atoms with E-state index >= 15 is 0 Å². The van der Waals surface area contributed by atoms with Crippen molar-refractivity contribution < 1.29 is 59.8 Å². The standard InChI is InChI=1S/C6H11O2.C6H12O.CH3O.2CH4.Na.2H2O.2Rf/c1-6(3-7-2)4-8-5-6;1-3-6(2)4-7-5-6;1-2;;;;;;;/h2-5H2,1H3;3-5H2,1-2H3;2H,1H2;2*1H4;;2*1H2;;/q-1;;-1;;;+1;;;;/p-1. The van der Waals surface area contributed by atoms with Crippen molar-refractivity contribution in [2.75, 3.05) is 33.0 Å². The Bertz CT molecular complexity index is 201. The van der Waals surface area contributed by atoms with E-state index < -0.39 is 0 Å². The molecular weight excluding hydrogens is 833 g/mol. The molecule has 0 aliphatic carbocycles. The van der Waals surface area contributed by atoms with Gasteiger partial charge in [0.2, 0.25) is 0 Å². The number of ether oxygens (including phenoxy) is 3. The van der Waals surface area contributed by atoms with Gasteiger partial charge in [-0.15, -0.1) is 0 Å². The Morgan fingerprint density at radius 2 is 1.25 bits per heavy atom. The second-order valence-electron chi connectivity index (χ2n) is 5.31. The third-order valence-corrected chi connectivity index (χ3v) is 3.11. The van der Waals surface area contributed by atoms with Crippen LogP contribution in [0.25, 0.3) is 0 Å². The van der Waals surface area contributed by atoms with Gasteiger partial charge in [-0.3, -0.25) is 0 Å². The first-order valence-electron chi connectivity index (χ1n) is 5.88. The van der Waals surface area contributed by atoms with Gasteiger partial charge in [-0.1, -0.05) is 35.6 Å². The minimum Gasteiger partial charge on any atom is -0.870 e. The number of hydrogen-bond acceptors (Lipinski definition) is 5. The summed E-state index contributed by atoms with van der Waals surface area (Å²) >= 11 is 0. The van der Waals surface area contributed by atoms with Crippen LogP contribution in [0.4, 0.5) is 0 Å². The molecule has 2 aliphatic rings. The molecule has 2 aliphatic heterocycles. The summed E-state index contributed by atoms with van der Waals surface area (Å²) in [7, 11) is 5.55. The molecule has 0 amide bonds. The molecule has 0 atom stereocenters. The molecule has 6 nitrogen and oxygen atoms in total. The van der Waals surface area contributed by atoms with E-state index in [0.29, 0.717) is 12.0 Å². The fourth-order valence-electron chi connectivity index (χ4n) is 1.43. The molecule has 24 heavy (non-hydrogen) atoms. The van der Waals surface area contributed by atoms with Crippen LogP contribution in [-0.2, 0) is 14.2 Å². The predicted octanol–water partition coefficient (Wildman–Crippen LogP) is -0.311. The quantitative estimate of drug-likeness (QED) is 0.310. The second kappa shape index (κ2) is 24.0. The largest absolute Gasteiger partial charge is 1.00 e. The smallest absolute Gasteiger partial charge is 0.870 e. The van der Waals surface area contributed by atoms with Gasteiger partial charge in [-0.2, -0.15) is 0 Å². The molecule has 0 saturated carbocycles. The first-order valence-corrected chi connectivity index (χ1v) is 5.88. The van der Waals surface area contributed by atoms with Gasteiger partial charge in [0.15, 0.2) is 0 Å². The van der Waals surface area contributed by atoms with Gasteiger partial charge in [-0.25, -0.2) is 14.2 Å². The molecule has 0 aromatic carbocycles. The zero-order valence-electron chi connectivity index (χ0n) is 14.7. The molecule has 0 unspecified atom stereocenters. The average Bonchev–Trinajstić information content (AvgIpc) is 2.28. The first-order chi connectivity index (χ1) is 8.04. The van der Waals surface area contributed by atoms with Crippen molar-refractivity contribution in [3.8, 4) is 0 Å². The van der Waals surface area contributed by atoms with E-state index in [4.69, 9.17) is 19.3 Å². The molecule has 0 radical (unpaired) electrons. The monoisotopic (exact) mass is 870 g/mol. The summed E-state index contributed by atoms with van der Waals surface area (Å²) < 4.78 is 14.7. The van der Waals surface area contributed by atoms with E-state index in [1.54, 1.807) is 0 Å². The summed E-state index contributed by atoms with van der Waals surface area (Å²) in [4.78, 5) is 0. The molecule has 0 aromatic heterocycles. The van der Waals surface area contributed by atoms with Crippen LogP contribution in [0, 0.1) is 25.0 Å². The fraction of sp³-hybridized carbons (Fsp3) is 0.867. The summed E-state index contributed by atoms with van der Waals surface area (Å²) in [5, 5.41) is 6.75. The van der Waals surface area contributed by atoms with Gasteiger partial charge < -0.3 is 30.3 Å². The van der Waals surface area contributed by atoms with Crippen molar-refractivity contribution in [1.29, 1.82) is 0 Å². The summed E-state index contributed by atoms with van der Waals surface area (Å²) in [5.41, 5.74) is 0.807. The number of hydrogen-bond donors (Lipinski definition) is 1. The van der Waals surface area contributed by atoms with Crippen LogP contribution >= 0.6 is 0 Å². The SMILES string of the molecule is C.C.CCC1(C)COC1.O.[CH2-]O.[CH2-]OCC1(C)COC1.[Na+].[OH-].[Rf].[Rf]. The van der Waals surface area contributed by atoms with Crippen LogP contribution in [0.1, 0.15) is 42.0 Å². The van der Waals surface area contributed by atoms with E-state index in [1.165, 1.54) is 6.42 Å². The van der Waals surface area contributed by atoms with Crippen molar-refractivity contribution in [3.05, 3.63) is 14.2 Å². The molecule has 140 valence electrons. The molecule has 4 N–H and O–H groups in total. The van der Waals surface area contributed by atoms with Gasteiger partial charge in [0.1, 0.15) is 0 Å². The van der Waals surface area contributed by atoms with Crippen molar-refractivity contribution in [2.24, 2.45) is 10.8 Å². The normalized spacial score (nSPS) is 16.2. The third kappa shape index (κ3) is 17.1. The minimum absolute atomic E-state index is 0. The maximum absolute atomic E-state index is 6.75. The van der Waals surface area contributed by atoms with Crippen molar-refractivity contribution in [1.82, 2.24) is 0 Å². The van der Waals surface area contributed by atoms with E-state index in [0.717, 1.165) is 26.4 Å². The maximum atomic E-state index is 6.75. The van der Waals surface area contributed by atoms with Crippen molar-refractivity contribution >= 4 is 0 Å². The van der Waals surface area contributed by atoms with Crippen molar-refractivity contribution in [3.63, 3.8) is 0 Å². The molecule has 2 fully saturated rings. The van der Waals surface area contributed by atoms with Gasteiger partial charge in [0.05, 0.1) is 26.4 Å². The molecule has 0 bridgehead atoms. The zero-order valence-corrected chi connectivity index (χ0v) is 29.5. The average molecular weight is 870 g/mol. The first kappa shape index (κ1) is 49.5. The number of aliphatic hydroxyl groups excluding tert-OH is 1. The Labute approximate surface area is 159 Å². The van der Waals surface area contributed by atoms with Crippen LogP contribution < -0.4 is 29.6 Å². The minimum atomic E-state index is 0. The Morgan fingerprint density at radius 1 is 0.958 bits per heavy atom. The maximum Gasteiger partial charge on any atom is 1.00 e. The molecule has 0 spiro atoms. The number of aliphatic hydroxyl groups is 1. The van der Waals surface area contributed by atoms with Crippen LogP contribution in [0.15, 0.2) is 0 Å². The summed E-state index contributed by atoms with van der Waals surface area (Å²) in [6, 6.07) is 0. The molecule has 2 heterocycles. The van der Waals surface area contributed by atoms with E-state index in [9.17, 15) is 0 Å². The van der Waals surface area contributed by atoms with E-state index in [-0.39, 0.29) is 60.8 Å². The predicted molar refractivity (Wildman–Crippen MR) is 85.8 cm³/mol. The van der Waals surface area contributed by atoms with Crippen LogP contribution in [0.2, 0.25) is 0 Å². The fourth-order valence-corrected chi connectivity index (χ4v) is 1.43. The molecular formula is C15H37NaO6Rf2-2. The van der Waals surface area contributed by atoms with Gasteiger partial charge in [0, 0.05) is 17.4 Å². The third-order valence-electron chi connectivity index (χ3n) is 3.11. The summed E-state index contributed by atoms with van der Waals surface area (Å²) in [6.07, 6.45) is 1.26. The zero-order chi connectivity index (χ0) is 13.4. The number of rotatable bonds is 3. The van der Waals surface area contributed by atoms with Crippen LogP contribution in [-0.4, -0.2) is 49.1 Å². The van der Waals surface area contributed by atoms with Crippen molar-refractivity contribution in [2.45, 2.75) is 42.0 Å². The van der Waals surface area contributed by atoms with Gasteiger partial charge in [0.25, 0.3) is 0 Å². The Hall–Kier alpha value is -1.24. The second-order valence-corrected chi connectivity index (χ2v) is 5.31. The summed E-state index contributed by atoms with van der Waals surface area (Å²) in [6.45, 7) is 10.9. The van der Waals surface area contributed by atoms with Gasteiger partial charge in [-0.05, 0) is 6.42 Å². The van der Waals surface area contributed by atoms with Gasteiger partial charge >= 0.3 is 29.6 Å². The molecule has 9 heteroatoms. The Kier molecular flexibility index (Phi) is 49.5.